The fourth-order valence-electron chi connectivity index (χ4n) is 13.1. The Morgan fingerprint density at radius 2 is 1.08 bits per heavy atom. The molecule has 13 nitrogen and oxygen atoms in total. The van der Waals surface area contributed by atoms with E-state index in [1.54, 1.807) is 24.3 Å². The second kappa shape index (κ2) is 28.9. The summed E-state index contributed by atoms with van der Waals surface area (Å²) in [6.07, 6.45) is 8.46. The van der Waals surface area contributed by atoms with Gasteiger partial charge in [-0.2, -0.15) is 0 Å². The number of rotatable bonds is 15. The Morgan fingerprint density at radius 1 is 0.562 bits per heavy atom. The number of hydrogen-bond acceptors (Lipinski definition) is 12. The van der Waals surface area contributed by atoms with E-state index in [9.17, 15) is 25.2 Å². The van der Waals surface area contributed by atoms with Gasteiger partial charge in [0, 0.05) is 87.2 Å². The van der Waals surface area contributed by atoms with Crippen LogP contribution in [0.1, 0.15) is 173 Å². The summed E-state index contributed by atoms with van der Waals surface area (Å²) in [4.78, 5) is 16.0. The Labute approximate surface area is 575 Å². The third-order valence-electron chi connectivity index (χ3n) is 19.3. The molecule has 0 spiro atoms. The van der Waals surface area contributed by atoms with E-state index in [1.165, 1.54) is 33.3 Å². The van der Waals surface area contributed by atoms with Crippen molar-refractivity contribution in [3.05, 3.63) is 219 Å². The molecule has 0 fully saturated rings. The van der Waals surface area contributed by atoms with Crippen LogP contribution in [0.15, 0.2) is 190 Å². The van der Waals surface area contributed by atoms with Crippen LogP contribution in [-0.2, 0) is 32.3 Å². The van der Waals surface area contributed by atoms with Gasteiger partial charge in [0.2, 0.25) is 5.36 Å². The number of unbranched alkanes of at least 4 members (excludes halogenated alkanes) is 1. The second-order valence-corrected chi connectivity index (χ2v) is 27.3. The molecule has 9 aromatic rings. The second-order valence-electron chi connectivity index (χ2n) is 27.3. The van der Waals surface area contributed by atoms with Gasteiger partial charge in [0.15, 0.2) is 5.54 Å². The number of hydrogen-bond donors (Lipinski definition) is 4. The normalized spacial score (nSPS) is 14.4. The van der Waals surface area contributed by atoms with Crippen LogP contribution in [0.4, 0.5) is 28.4 Å². The molecule has 0 atom stereocenters. The van der Waals surface area contributed by atoms with Gasteiger partial charge in [-0.3, -0.25) is 0 Å². The third-order valence-corrected chi connectivity index (χ3v) is 19.3. The molecule has 96 heavy (non-hydrogen) atoms. The zero-order valence-electron chi connectivity index (χ0n) is 58.1. The zero-order chi connectivity index (χ0) is 68.3. The maximum atomic E-state index is 13.6. The molecule has 3 heterocycles. The molecular formula is C82H91CoN6O7+. The Balaban J connectivity index is 0.000000181. The molecule has 3 aliphatic rings. The minimum Gasteiger partial charge on any atom is -0.506 e. The smallest absolute Gasteiger partial charge is 0.338 e. The van der Waals surface area contributed by atoms with Gasteiger partial charge in [0.1, 0.15) is 63.8 Å². The van der Waals surface area contributed by atoms with E-state index in [1.807, 2.05) is 103 Å². The summed E-state index contributed by atoms with van der Waals surface area (Å²) in [5.41, 5.74) is 13.0. The molecule has 0 bridgehead atoms. The van der Waals surface area contributed by atoms with Crippen LogP contribution in [-0.4, -0.2) is 57.2 Å². The van der Waals surface area contributed by atoms with E-state index in [4.69, 9.17) is 9.47 Å². The van der Waals surface area contributed by atoms with Crippen molar-refractivity contribution in [3.8, 4) is 34.5 Å². The molecule has 0 aliphatic carbocycles. The Bertz CT molecular complexity index is 4560. The predicted octanol–water partition coefficient (Wildman–Crippen LogP) is 20.4. The first kappa shape index (κ1) is 70.9. The summed E-state index contributed by atoms with van der Waals surface area (Å²) in [5, 5.41) is 63.2. The number of azo groups is 2. The van der Waals surface area contributed by atoms with Crippen molar-refractivity contribution >= 4 is 72.7 Å². The number of benzene rings is 9. The molecule has 4 N–H and O–H groups in total. The number of fused-ring (bicyclic) bond motifs is 6. The van der Waals surface area contributed by atoms with Crippen LogP contribution in [0.25, 0.3) is 38.3 Å². The number of ether oxygens (including phenoxy) is 2. The van der Waals surface area contributed by atoms with E-state index in [-0.39, 0.29) is 67.7 Å². The molecule has 0 unspecified atom stereocenters. The first-order valence-corrected chi connectivity index (χ1v) is 33.3. The van der Waals surface area contributed by atoms with Gasteiger partial charge >= 0.3 is 5.97 Å². The first-order valence-electron chi connectivity index (χ1n) is 33.3. The van der Waals surface area contributed by atoms with Crippen molar-refractivity contribution in [1.82, 2.24) is 4.58 Å². The number of likely N-dealkylation sites (N-methyl/N-ethyl adjacent to an activating group) is 2. The Kier molecular flexibility index (Phi) is 21.4. The summed E-state index contributed by atoms with van der Waals surface area (Å²) >= 11 is 0. The molecule has 3 aliphatic heterocycles. The molecule has 0 saturated carbocycles. The van der Waals surface area contributed by atoms with E-state index in [0.29, 0.717) is 34.9 Å². The molecule has 1 radical (unpaired) electrons. The number of carbonyl (C=O) groups is 1. The van der Waals surface area contributed by atoms with Crippen LogP contribution in [0.3, 0.4) is 0 Å². The number of esters is 1. The number of aromatic hydroxyl groups is 4. The Hall–Kier alpha value is -9.37. The summed E-state index contributed by atoms with van der Waals surface area (Å²) < 4.78 is 15.1. The molecule has 9 aromatic carbocycles. The summed E-state index contributed by atoms with van der Waals surface area (Å²) in [6, 6.07) is 49.9. The number of nitrogens with zero attached hydrogens (tertiary/aromatic N) is 6. The van der Waals surface area contributed by atoms with Crippen molar-refractivity contribution < 1.29 is 51.5 Å². The van der Waals surface area contributed by atoms with Crippen LogP contribution in [0, 0.1) is 0 Å². The maximum Gasteiger partial charge on any atom is 0.338 e. The van der Waals surface area contributed by atoms with Crippen LogP contribution in [0.2, 0.25) is 0 Å². The van der Waals surface area contributed by atoms with Gasteiger partial charge in [-0.05, 0) is 171 Å². The monoisotopic (exact) mass is 1330 g/mol. The van der Waals surface area contributed by atoms with Crippen molar-refractivity contribution in [2.24, 2.45) is 20.5 Å². The van der Waals surface area contributed by atoms with Gasteiger partial charge in [0.25, 0.3) is 0 Å². The van der Waals surface area contributed by atoms with E-state index < -0.39 is 0 Å². The molecular weight excluding hydrogens is 1240 g/mol. The van der Waals surface area contributed by atoms with E-state index in [2.05, 4.69) is 176 Å². The van der Waals surface area contributed by atoms with Gasteiger partial charge in [0.05, 0.1) is 23.8 Å². The number of allylic oxidation sites excluding steroid dienone is 2. The zero-order valence-corrected chi connectivity index (χ0v) is 59.2. The van der Waals surface area contributed by atoms with Crippen LogP contribution in [0.5, 0.6) is 34.5 Å². The quantitative estimate of drug-likeness (QED) is 0.0340. The number of carbonyl (C=O) groups excluding carboxylic acids is 1. The molecule has 0 aromatic heterocycles. The fourth-order valence-corrected chi connectivity index (χ4v) is 13.1. The Morgan fingerprint density at radius 3 is 1.61 bits per heavy atom. The summed E-state index contributed by atoms with van der Waals surface area (Å²) in [5.74, 6) is 1.58. The summed E-state index contributed by atoms with van der Waals surface area (Å²) in [7, 11) is 0. The first-order chi connectivity index (χ1) is 45.3. The number of phenols is 4. The van der Waals surface area contributed by atoms with Crippen molar-refractivity contribution in [1.29, 1.82) is 0 Å². The number of anilines is 1. The van der Waals surface area contributed by atoms with Gasteiger partial charge < -0.3 is 34.8 Å². The maximum absolute atomic E-state index is 13.6. The van der Waals surface area contributed by atoms with Crippen molar-refractivity contribution in [2.45, 2.75) is 151 Å². The van der Waals surface area contributed by atoms with Crippen molar-refractivity contribution in [3.63, 3.8) is 0 Å². The summed E-state index contributed by atoms with van der Waals surface area (Å²) in [6.45, 7) is 35.0. The van der Waals surface area contributed by atoms with Crippen molar-refractivity contribution in [2.75, 3.05) is 24.6 Å². The molecule has 12 rings (SSSR count). The molecule has 0 amide bonds. The van der Waals surface area contributed by atoms with Gasteiger partial charge in [-0.1, -0.05) is 152 Å². The van der Waals surface area contributed by atoms with E-state index in [0.717, 1.165) is 105 Å². The largest absolute Gasteiger partial charge is 0.506 e. The predicted molar refractivity (Wildman–Crippen MR) is 388 cm³/mol. The number of phenolic OH excluding ortho intramolecular Hbond substituents is 4. The minimum atomic E-state index is -0.290. The average molecular weight is 1330 g/mol. The van der Waals surface area contributed by atoms with Crippen LogP contribution >= 0.6 is 0 Å². The fraction of sp³-hybridized carbons (Fsp3) is 0.317. The average Bonchev–Trinajstić information content (AvgIpc) is 0.720. The SMILES string of the molecule is CCC(C)(C)c1ccc(O)c(N=Nc2c(O)ccc3ccccc23)c1.CCC(C)(C)c1ccc(O)c(N=Nc2c(O)ccc3ccccc23)c1.CCCCOC(=O)c1ccccc1C1=c2cc3c(cc2Oc2cc4c(cc21)C(C)=CC(C)(C)N4CC)=[N+](CC)C(C)(C)C=C3C.[Co]. The van der Waals surface area contributed by atoms with Gasteiger partial charge in [-0.15, -0.1) is 20.5 Å². The minimum absolute atomic E-state index is 0. The molecule has 0 saturated heterocycles. The van der Waals surface area contributed by atoms with E-state index >= 15 is 0 Å². The molecule has 499 valence electrons. The van der Waals surface area contributed by atoms with Gasteiger partial charge in [-0.25, -0.2) is 9.37 Å². The third kappa shape index (κ3) is 14.4. The standard InChI is InChI=1S/C40H47N2O3.2C21H22N2O2.Co/c1-10-13-18-44-38(43)28-17-15-14-16-27(28)37-31-19-29-25(4)23-39(6,7)41(11-2)33(29)21-35(31)45-36-22-34-30(20-32(36)37)26(5)24-40(8,9)42(34)12-3;2*1-4-21(2,3)15-10-12-18(24)17(13-15)22-23-20-16-8-6-5-7-14(16)9-11-19(20)25;/h14-17,19-24H,10-13,18H2,1-9H3;2*5-13,24-25H,4H2,1-3H3;/q+1;;;. The van der Waals surface area contributed by atoms with Crippen LogP contribution < -0.4 is 24.8 Å². The molecule has 14 heteroatoms. The topological polar surface area (TPSA) is 172 Å².